The molecule has 4 nitrogen and oxygen atoms in total. The summed E-state index contributed by atoms with van der Waals surface area (Å²) in [6.07, 6.45) is 4.27. The highest BCUT2D eigenvalue weighted by atomic mass is 32.2. The van der Waals surface area contributed by atoms with Crippen molar-refractivity contribution in [2.75, 3.05) is 39.2 Å². The fraction of sp³-hybridized carbons (Fsp3) is 0.917. The van der Waals surface area contributed by atoms with Gasteiger partial charge in [0.05, 0.1) is 0 Å². The van der Waals surface area contributed by atoms with Crippen molar-refractivity contribution < 1.29 is 4.79 Å². The van der Waals surface area contributed by atoms with E-state index >= 15 is 0 Å². The number of likely N-dealkylation sites (tertiary alicyclic amines) is 1. The van der Waals surface area contributed by atoms with Crippen LogP contribution >= 0.6 is 11.8 Å². The first-order valence-corrected chi connectivity index (χ1v) is 7.65. The standard InChI is InChI=1S/C12H25N3OS/c1-10(9-17-4)13-11-5-7-15(8-6-11)12(16)14(2)3/h10-11,13H,5-9H2,1-4H3. The maximum Gasteiger partial charge on any atom is 0.319 e. The molecule has 1 atom stereocenters. The molecule has 2 amide bonds. The van der Waals surface area contributed by atoms with E-state index in [0.717, 1.165) is 31.7 Å². The summed E-state index contributed by atoms with van der Waals surface area (Å²) in [5.74, 6) is 1.15. The minimum absolute atomic E-state index is 0.139. The quantitative estimate of drug-likeness (QED) is 0.830. The molecule has 100 valence electrons. The molecule has 5 heteroatoms. The van der Waals surface area contributed by atoms with Crippen molar-refractivity contribution >= 4 is 17.8 Å². The Morgan fingerprint density at radius 2 is 2.06 bits per heavy atom. The van der Waals surface area contributed by atoms with Crippen LogP contribution in [0, 0.1) is 0 Å². The van der Waals surface area contributed by atoms with E-state index < -0.39 is 0 Å². The molecule has 0 saturated carbocycles. The molecule has 17 heavy (non-hydrogen) atoms. The normalized spacial score (nSPS) is 19.2. The summed E-state index contributed by atoms with van der Waals surface area (Å²) in [4.78, 5) is 15.4. The number of carbonyl (C=O) groups is 1. The lowest BCUT2D eigenvalue weighted by atomic mass is 10.0. The van der Waals surface area contributed by atoms with Crippen molar-refractivity contribution in [3.8, 4) is 0 Å². The predicted octanol–water partition coefficient (Wildman–Crippen LogP) is 1.47. The van der Waals surface area contributed by atoms with Crippen molar-refractivity contribution in [2.45, 2.75) is 31.8 Å². The molecule has 1 unspecified atom stereocenters. The molecule has 1 rings (SSSR count). The molecule has 0 bridgehead atoms. The maximum absolute atomic E-state index is 11.8. The number of urea groups is 1. The maximum atomic E-state index is 11.8. The van der Waals surface area contributed by atoms with Gasteiger partial charge in [0, 0.05) is 45.0 Å². The minimum atomic E-state index is 0.139. The third-order valence-corrected chi connectivity index (χ3v) is 3.92. The second-order valence-corrected chi connectivity index (χ2v) is 5.87. The van der Waals surface area contributed by atoms with Gasteiger partial charge >= 0.3 is 6.03 Å². The summed E-state index contributed by atoms with van der Waals surface area (Å²) in [7, 11) is 3.63. The first-order valence-electron chi connectivity index (χ1n) is 6.25. The highest BCUT2D eigenvalue weighted by molar-refractivity contribution is 7.98. The molecule has 0 aromatic carbocycles. The van der Waals surface area contributed by atoms with Crippen molar-refractivity contribution in [2.24, 2.45) is 0 Å². The Balaban J connectivity index is 2.28. The summed E-state index contributed by atoms with van der Waals surface area (Å²) >= 11 is 1.87. The molecule has 0 radical (unpaired) electrons. The zero-order valence-corrected chi connectivity index (χ0v) is 12.2. The van der Waals surface area contributed by atoms with Crippen LogP contribution in [0.4, 0.5) is 4.79 Å². The van der Waals surface area contributed by atoms with Crippen LogP contribution in [0.1, 0.15) is 19.8 Å². The molecule has 0 aromatic rings. The first-order chi connectivity index (χ1) is 8.04. The second-order valence-electron chi connectivity index (χ2n) is 4.96. The summed E-state index contributed by atoms with van der Waals surface area (Å²) in [5, 5.41) is 3.64. The molecule has 1 fully saturated rings. The molecule has 0 aliphatic carbocycles. The van der Waals surface area contributed by atoms with Gasteiger partial charge < -0.3 is 15.1 Å². The molecule has 1 heterocycles. The number of amides is 2. The van der Waals surface area contributed by atoms with Crippen molar-refractivity contribution in [3.63, 3.8) is 0 Å². The topological polar surface area (TPSA) is 35.6 Å². The Morgan fingerprint density at radius 3 is 2.53 bits per heavy atom. The second kappa shape index (κ2) is 7.11. The summed E-state index contributed by atoms with van der Waals surface area (Å²) in [5.41, 5.74) is 0. The molecule has 0 aromatic heterocycles. The number of hydrogen-bond acceptors (Lipinski definition) is 3. The number of thioether (sulfide) groups is 1. The fourth-order valence-corrected chi connectivity index (χ4v) is 2.82. The largest absolute Gasteiger partial charge is 0.331 e. The van der Waals surface area contributed by atoms with Crippen molar-refractivity contribution in [1.29, 1.82) is 0 Å². The molecule has 1 N–H and O–H groups in total. The lowest BCUT2D eigenvalue weighted by molar-refractivity contribution is 0.151. The first kappa shape index (κ1) is 14.6. The van der Waals surface area contributed by atoms with E-state index in [0.29, 0.717) is 12.1 Å². The number of piperidine rings is 1. The van der Waals surface area contributed by atoms with Crippen LogP contribution in [0.3, 0.4) is 0 Å². The van der Waals surface area contributed by atoms with Gasteiger partial charge in [0.2, 0.25) is 0 Å². The van der Waals surface area contributed by atoms with E-state index in [1.165, 1.54) is 0 Å². The zero-order chi connectivity index (χ0) is 12.8. The molecule has 0 spiro atoms. The Hall–Kier alpha value is -0.420. The molecule has 1 saturated heterocycles. The Morgan fingerprint density at radius 1 is 1.47 bits per heavy atom. The average molecular weight is 259 g/mol. The number of nitrogens with one attached hydrogen (secondary N) is 1. The lowest BCUT2D eigenvalue weighted by Gasteiger charge is -2.35. The van der Waals surface area contributed by atoms with E-state index in [1.54, 1.807) is 4.90 Å². The van der Waals surface area contributed by atoms with Crippen LogP contribution in [0.15, 0.2) is 0 Å². The highest BCUT2D eigenvalue weighted by Crippen LogP contribution is 2.12. The minimum Gasteiger partial charge on any atom is -0.331 e. The van der Waals surface area contributed by atoms with Crippen molar-refractivity contribution in [1.82, 2.24) is 15.1 Å². The van der Waals surface area contributed by atoms with Gasteiger partial charge in [-0.3, -0.25) is 0 Å². The van der Waals surface area contributed by atoms with Crippen LogP contribution in [0.2, 0.25) is 0 Å². The smallest absolute Gasteiger partial charge is 0.319 e. The third-order valence-electron chi connectivity index (χ3n) is 3.08. The molecular weight excluding hydrogens is 234 g/mol. The SMILES string of the molecule is CSCC(C)NC1CCN(C(=O)N(C)C)CC1. The van der Waals surface area contributed by atoms with E-state index in [9.17, 15) is 4.79 Å². The van der Waals surface area contributed by atoms with Gasteiger partial charge in [-0.1, -0.05) is 0 Å². The number of carbonyl (C=O) groups excluding carboxylic acids is 1. The summed E-state index contributed by atoms with van der Waals surface area (Å²) in [6, 6.07) is 1.27. The molecule has 1 aliphatic rings. The van der Waals surface area contributed by atoms with E-state index in [4.69, 9.17) is 0 Å². The van der Waals surface area contributed by atoms with Crippen LogP contribution in [-0.4, -0.2) is 67.1 Å². The Bertz CT molecular complexity index is 240. The Labute approximate surface area is 109 Å². The van der Waals surface area contributed by atoms with Crippen LogP contribution < -0.4 is 5.32 Å². The molecular formula is C12H25N3OS. The summed E-state index contributed by atoms with van der Waals surface area (Å²) < 4.78 is 0. The van der Waals surface area contributed by atoms with Crippen molar-refractivity contribution in [3.05, 3.63) is 0 Å². The zero-order valence-electron chi connectivity index (χ0n) is 11.4. The van der Waals surface area contributed by atoms with Gasteiger partial charge in [0.1, 0.15) is 0 Å². The van der Waals surface area contributed by atoms with Gasteiger partial charge in [-0.2, -0.15) is 11.8 Å². The monoisotopic (exact) mass is 259 g/mol. The highest BCUT2D eigenvalue weighted by Gasteiger charge is 2.24. The van der Waals surface area contributed by atoms with Crippen LogP contribution in [-0.2, 0) is 0 Å². The van der Waals surface area contributed by atoms with E-state index in [1.807, 2.05) is 30.8 Å². The van der Waals surface area contributed by atoms with Gasteiger partial charge in [0.25, 0.3) is 0 Å². The lowest BCUT2D eigenvalue weighted by Crippen LogP contribution is -2.49. The third kappa shape index (κ3) is 4.76. The van der Waals surface area contributed by atoms with Gasteiger partial charge in [-0.25, -0.2) is 4.79 Å². The average Bonchev–Trinajstić information content (AvgIpc) is 2.29. The summed E-state index contributed by atoms with van der Waals surface area (Å²) in [6.45, 7) is 3.98. The van der Waals surface area contributed by atoms with Gasteiger partial charge in [-0.15, -0.1) is 0 Å². The number of nitrogens with zero attached hydrogens (tertiary/aromatic N) is 2. The predicted molar refractivity (Wildman–Crippen MR) is 74.7 cm³/mol. The van der Waals surface area contributed by atoms with Gasteiger partial charge in [-0.05, 0) is 26.0 Å². The van der Waals surface area contributed by atoms with Gasteiger partial charge in [0.15, 0.2) is 0 Å². The molecule has 1 aliphatic heterocycles. The Kier molecular flexibility index (Phi) is 6.12. The fourth-order valence-electron chi connectivity index (χ4n) is 2.22. The van der Waals surface area contributed by atoms with Crippen LogP contribution in [0.5, 0.6) is 0 Å². The van der Waals surface area contributed by atoms with E-state index in [-0.39, 0.29) is 6.03 Å². The number of rotatable bonds is 4. The number of hydrogen-bond donors (Lipinski definition) is 1. The van der Waals surface area contributed by atoms with Crippen LogP contribution in [0.25, 0.3) is 0 Å². The van der Waals surface area contributed by atoms with E-state index in [2.05, 4.69) is 18.5 Å².